The zero-order valence-corrected chi connectivity index (χ0v) is 17.5. The fourth-order valence-corrected chi connectivity index (χ4v) is 3.58. The van der Waals surface area contributed by atoms with Crippen LogP contribution in [0.5, 0.6) is 11.5 Å². The minimum atomic E-state index is -0.906. The second kappa shape index (κ2) is 8.55. The van der Waals surface area contributed by atoms with Gasteiger partial charge in [0, 0.05) is 0 Å². The van der Waals surface area contributed by atoms with Gasteiger partial charge >= 0.3 is 6.03 Å². The summed E-state index contributed by atoms with van der Waals surface area (Å²) in [7, 11) is 1.63. The molecular formula is C23H28N2O4. The molecule has 1 N–H and O–H groups in total. The van der Waals surface area contributed by atoms with Gasteiger partial charge in [0.15, 0.2) is 0 Å². The summed E-state index contributed by atoms with van der Waals surface area (Å²) in [6.45, 7) is 6.27. The van der Waals surface area contributed by atoms with Crippen LogP contribution < -0.4 is 14.8 Å². The van der Waals surface area contributed by atoms with Crippen LogP contribution in [0.1, 0.15) is 30.0 Å². The zero-order valence-electron chi connectivity index (χ0n) is 17.5. The molecule has 1 atom stereocenters. The first-order valence-electron chi connectivity index (χ1n) is 9.79. The molecule has 1 fully saturated rings. The van der Waals surface area contributed by atoms with Gasteiger partial charge in [0.1, 0.15) is 23.6 Å². The van der Waals surface area contributed by atoms with Gasteiger partial charge in [-0.05, 0) is 74.6 Å². The van der Waals surface area contributed by atoms with Crippen LogP contribution in [0.25, 0.3) is 0 Å². The molecule has 1 aliphatic rings. The average molecular weight is 396 g/mol. The van der Waals surface area contributed by atoms with E-state index in [0.717, 1.165) is 28.2 Å². The van der Waals surface area contributed by atoms with Crippen molar-refractivity contribution in [1.29, 1.82) is 0 Å². The molecule has 0 unspecified atom stereocenters. The number of hydrogen-bond acceptors (Lipinski definition) is 4. The van der Waals surface area contributed by atoms with Crippen LogP contribution in [0, 0.1) is 13.8 Å². The lowest BCUT2D eigenvalue weighted by atomic mass is 9.93. The molecule has 154 valence electrons. The Balaban J connectivity index is 1.56. The maximum absolute atomic E-state index is 12.9. The number of ether oxygens (including phenoxy) is 2. The highest BCUT2D eigenvalue weighted by molar-refractivity contribution is 6.06. The fraction of sp³-hybridized carbons (Fsp3) is 0.391. The summed E-state index contributed by atoms with van der Waals surface area (Å²) in [5.41, 5.74) is 2.41. The largest absolute Gasteiger partial charge is 0.497 e. The highest BCUT2D eigenvalue weighted by Gasteiger charge is 2.47. The summed E-state index contributed by atoms with van der Waals surface area (Å²) in [4.78, 5) is 26.5. The number of benzene rings is 2. The van der Waals surface area contributed by atoms with Crippen LogP contribution in [0.2, 0.25) is 0 Å². The van der Waals surface area contributed by atoms with Crippen molar-refractivity contribution in [2.75, 3.05) is 20.3 Å². The Morgan fingerprint density at radius 1 is 1.00 bits per heavy atom. The van der Waals surface area contributed by atoms with Gasteiger partial charge < -0.3 is 14.8 Å². The number of methoxy groups -OCH3 is 1. The predicted octanol–water partition coefficient (Wildman–Crippen LogP) is 3.63. The molecule has 2 aromatic rings. The SMILES string of the molecule is COc1ccc(CC[C@]2(C)NC(=O)N(CCOc3cc(C)cc(C)c3)C2=O)cc1. The lowest BCUT2D eigenvalue weighted by molar-refractivity contribution is -0.131. The van der Waals surface area contributed by atoms with Gasteiger partial charge in [-0.25, -0.2) is 4.79 Å². The van der Waals surface area contributed by atoms with Crippen molar-refractivity contribution < 1.29 is 19.1 Å². The molecule has 3 rings (SSSR count). The van der Waals surface area contributed by atoms with Gasteiger partial charge in [0.05, 0.1) is 13.7 Å². The first-order chi connectivity index (χ1) is 13.8. The topological polar surface area (TPSA) is 67.9 Å². The van der Waals surface area contributed by atoms with Crippen LogP contribution in [0.4, 0.5) is 4.79 Å². The number of nitrogens with one attached hydrogen (secondary N) is 1. The first-order valence-corrected chi connectivity index (χ1v) is 9.79. The van der Waals surface area contributed by atoms with E-state index in [1.54, 1.807) is 14.0 Å². The van der Waals surface area contributed by atoms with Gasteiger partial charge in [-0.15, -0.1) is 0 Å². The zero-order chi connectivity index (χ0) is 21.0. The maximum atomic E-state index is 12.9. The Kier molecular flexibility index (Phi) is 6.11. The molecule has 1 heterocycles. The van der Waals surface area contributed by atoms with E-state index in [9.17, 15) is 9.59 Å². The molecule has 0 bridgehead atoms. The number of carbonyl (C=O) groups excluding carboxylic acids is 2. The molecule has 0 saturated carbocycles. The summed E-state index contributed by atoms with van der Waals surface area (Å²) in [6, 6.07) is 13.3. The number of imide groups is 1. The van der Waals surface area contributed by atoms with Crippen molar-refractivity contribution in [3.05, 3.63) is 59.2 Å². The third-order valence-electron chi connectivity index (χ3n) is 5.20. The third kappa shape index (κ3) is 4.88. The molecule has 1 saturated heterocycles. The van der Waals surface area contributed by atoms with E-state index in [4.69, 9.17) is 9.47 Å². The van der Waals surface area contributed by atoms with Gasteiger partial charge in [0.25, 0.3) is 5.91 Å². The molecule has 0 aromatic heterocycles. The lowest BCUT2D eigenvalue weighted by Crippen LogP contribution is -2.44. The standard InChI is InChI=1S/C23H28N2O4/c1-16-13-17(2)15-20(14-16)29-12-11-25-21(26)23(3,24-22(25)27)10-9-18-5-7-19(28-4)8-6-18/h5-8,13-15H,9-12H2,1-4H3,(H,24,27)/t23-/m0/s1. The van der Waals surface area contributed by atoms with Crippen molar-refractivity contribution >= 4 is 11.9 Å². The summed E-state index contributed by atoms with van der Waals surface area (Å²) in [5, 5.41) is 2.85. The lowest BCUT2D eigenvalue weighted by Gasteiger charge is -2.21. The van der Waals surface area contributed by atoms with Crippen molar-refractivity contribution in [2.45, 2.75) is 39.2 Å². The van der Waals surface area contributed by atoms with E-state index in [1.807, 2.05) is 50.2 Å². The molecule has 6 heteroatoms. The minimum absolute atomic E-state index is 0.208. The number of rotatable bonds is 8. The highest BCUT2D eigenvalue weighted by atomic mass is 16.5. The van der Waals surface area contributed by atoms with Gasteiger partial charge in [-0.3, -0.25) is 9.69 Å². The number of hydrogen-bond donors (Lipinski definition) is 1. The summed E-state index contributed by atoms with van der Waals surface area (Å²) in [6.07, 6.45) is 1.21. The molecular weight excluding hydrogens is 368 g/mol. The number of nitrogens with zero attached hydrogens (tertiary/aromatic N) is 1. The second-order valence-corrected chi connectivity index (χ2v) is 7.74. The predicted molar refractivity (Wildman–Crippen MR) is 111 cm³/mol. The molecule has 1 aliphatic heterocycles. The molecule has 29 heavy (non-hydrogen) atoms. The van der Waals surface area contributed by atoms with E-state index in [0.29, 0.717) is 12.8 Å². The molecule has 0 radical (unpaired) electrons. The maximum Gasteiger partial charge on any atom is 0.325 e. The van der Waals surface area contributed by atoms with Gasteiger partial charge in [0.2, 0.25) is 0 Å². The van der Waals surface area contributed by atoms with E-state index in [-0.39, 0.29) is 25.1 Å². The van der Waals surface area contributed by atoms with Crippen molar-refractivity contribution in [3.8, 4) is 11.5 Å². The van der Waals surface area contributed by atoms with Crippen molar-refractivity contribution in [1.82, 2.24) is 10.2 Å². The van der Waals surface area contributed by atoms with Crippen LogP contribution in [0.3, 0.4) is 0 Å². The average Bonchev–Trinajstić information content (AvgIpc) is 2.89. The quantitative estimate of drug-likeness (QED) is 0.692. The van der Waals surface area contributed by atoms with Crippen molar-refractivity contribution in [3.63, 3.8) is 0 Å². The monoisotopic (exact) mass is 396 g/mol. The number of amides is 3. The Labute approximate surface area is 171 Å². The summed E-state index contributed by atoms with van der Waals surface area (Å²) in [5.74, 6) is 1.33. The van der Waals surface area contributed by atoms with E-state index >= 15 is 0 Å². The second-order valence-electron chi connectivity index (χ2n) is 7.74. The smallest absolute Gasteiger partial charge is 0.325 e. The summed E-state index contributed by atoms with van der Waals surface area (Å²) >= 11 is 0. The minimum Gasteiger partial charge on any atom is -0.497 e. The number of urea groups is 1. The third-order valence-corrected chi connectivity index (χ3v) is 5.20. The van der Waals surface area contributed by atoms with Crippen molar-refractivity contribution in [2.24, 2.45) is 0 Å². The van der Waals surface area contributed by atoms with Gasteiger partial charge in [-0.1, -0.05) is 18.2 Å². The molecule has 3 amide bonds. The normalized spacial score (nSPS) is 18.7. The number of carbonyl (C=O) groups is 2. The first kappa shape index (κ1) is 20.7. The Morgan fingerprint density at radius 3 is 2.28 bits per heavy atom. The summed E-state index contributed by atoms with van der Waals surface area (Å²) < 4.78 is 10.9. The Morgan fingerprint density at radius 2 is 1.66 bits per heavy atom. The van der Waals surface area contributed by atoms with Crippen LogP contribution in [-0.4, -0.2) is 42.6 Å². The van der Waals surface area contributed by atoms with E-state index < -0.39 is 5.54 Å². The molecule has 0 spiro atoms. The van der Waals surface area contributed by atoms with E-state index in [2.05, 4.69) is 11.4 Å². The molecule has 0 aliphatic carbocycles. The Bertz CT molecular complexity index is 874. The van der Waals surface area contributed by atoms with E-state index in [1.165, 1.54) is 4.90 Å². The molecule has 2 aromatic carbocycles. The van der Waals surface area contributed by atoms with Crippen LogP contribution in [-0.2, 0) is 11.2 Å². The number of aryl methyl sites for hydroxylation is 3. The van der Waals surface area contributed by atoms with Gasteiger partial charge in [-0.2, -0.15) is 0 Å². The Hall–Kier alpha value is -3.02. The molecule has 6 nitrogen and oxygen atoms in total. The fourth-order valence-electron chi connectivity index (χ4n) is 3.58. The van der Waals surface area contributed by atoms with Crippen LogP contribution in [0.15, 0.2) is 42.5 Å². The highest BCUT2D eigenvalue weighted by Crippen LogP contribution is 2.24. The van der Waals surface area contributed by atoms with Crippen LogP contribution >= 0.6 is 0 Å².